The van der Waals surface area contributed by atoms with Gasteiger partial charge in [0.05, 0.1) is 0 Å². The third kappa shape index (κ3) is 4.42. The number of rotatable bonds is 7. The normalized spacial score (nSPS) is 11.7. The third-order valence-corrected chi connectivity index (χ3v) is 3.72. The lowest BCUT2D eigenvalue weighted by Gasteiger charge is -2.10. The maximum absolute atomic E-state index is 13.2. The van der Waals surface area contributed by atoms with Gasteiger partial charge >= 0.3 is 0 Å². The molecule has 2 rings (SSSR count). The second-order valence-corrected chi connectivity index (χ2v) is 5.52. The third-order valence-electron chi connectivity index (χ3n) is 3.72. The molecule has 0 fully saturated rings. The first-order chi connectivity index (χ1) is 11.0. The predicted octanol–water partition coefficient (Wildman–Crippen LogP) is 3.96. The van der Waals surface area contributed by atoms with Crippen molar-refractivity contribution in [3.63, 3.8) is 0 Å². The maximum Gasteiger partial charge on any atom is 0.228 e. The average molecular weight is 311 g/mol. The molecule has 0 bridgehead atoms. The van der Waals surface area contributed by atoms with E-state index in [0.29, 0.717) is 17.5 Å². The standard InChI is InChI=1S/C19H18FNO2/c1-13(16-3-2-4-17(20)12-16)11-18(22)19(23)15-7-5-14(6-8-15)9-10-21/h2-8,10,12-13,21H,9,11H2,1H3/t13-/m0/s1. The number of Topliss-reactive ketones (excluding diaryl/α,β-unsaturated/α-hetero) is 2. The van der Waals surface area contributed by atoms with Gasteiger partial charge < -0.3 is 5.41 Å². The van der Waals surface area contributed by atoms with Crippen molar-refractivity contribution in [2.45, 2.75) is 25.7 Å². The van der Waals surface area contributed by atoms with Crippen LogP contribution in [0.15, 0.2) is 48.5 Å². The number of hydrogen-bond donors (Lipinski definition) is 1. The van der Waals surface area contributed by atoms with Crippen LogP contribution in [-0.4, -0.2) is 17.8 Å². The molecule has 0 saturated carbocycles. The number of carbonyl (C=O) groups is 2. The molecular formula is C19H18FNO2. The molecule has 0 spiro atoms. The minimum atomic E-state index is -0.533. The molecule has 118 valence electrons. The summed E-state index contributed by atoms with van der Waals surface area (Å²) >= 11 is 0. The molecule has 2 aromatic carbocycles. The van der Waals surface area contributed by atoms with Gasteiger partial charge in [-0.25, -0.2) is 4.39 Å². The van der Waals surface area contributed by atoms with E-state index in [-0.39, 0.29) is 18.2 Å². The Morgan fingerprint density at radius 2 is 1.87 bits per heavy atom. The fraction of sp³-hybridized carbons (Fsp3) is 0.211. The molecule has 0 aliphatic heterocycles. The first kappa shape index (κ1) is 16.7. The van der Waals surface area contributed by atoms with Crippen molar-refractivity contribution in [2.24, 2.45) is 0 Å². The van der Waals surface area contributed by atoms with Crippen LogP contribution in [0.25, 0.3) is 0 Å². The van der Waals surface area contributed by atoms with Gasteiger partial charge in [0.2, 0.25) is 11.6 Å². The zero-order valence-corrected chi connectivity index (χ0v) is 12.9. The molecule has 4 heteroatoms. The fourth-order valence-electron chi connectivity index (χ4n) is 2.37. The first-order valence-corrected chi connectivity index (χ1v) is 7.42. The number of halogens is 1. The summed E-state index contributed by atoms with van der Waals surface area (Å²) in [4.78, 5) is 24.3. The highest BCUT2D eigenvalue weighted by Crippen LogP contribution is 2.21. The molecule has 1 atom stereocenters. The van der Waals surface area contributed by atoms with Crippen LogP contribution in [0.4, 0.5) is 4.39 Å². The molecule has 3 nitrogen and oxygen atoms in total. The Labute approximate surface area is 134 Å². The monoisotopic (exact) mass is 311 g/mol. The van der Waals surface area contributed by atoms with Crippen LogP contribution in [0.2, 0.25) is 0 Å². The van der Waals surface area contributed by atoms with Crippen molar-refractivity contribution >= 4 is 17.8 Å². The van der Waals surface area contributed by atoms with Gasteiger partial charge in [0.25, 0.3) is 0 Å². The molecule has 0 amide bonds. The van der Waals surface area contributed by atoms with Gasteiger partial charge in [-0.15, -0.1) is 0 Å². The summed E-state index contributed by atoms with van der Waals surface area (Å²) in [6.45, 7) is 1.80. The highest BCUT2D eigenvalue weighted by molar-refractivity contribution is 6.43. The zero-order valence-electron chi connectivity index (χ0n) is 12.9. The van der Waals surface area contributed by atoms with Gasteiger partial charge in [0.15, 0.2) is 0 Å². The fourth-order valence-corrected chi connectivity index (χ4v) is 2.37. The summed E-state index contributed by atoms with van der Waals surface area (Å²) < 4.78 is 13.2. The molecule has 0 unspecified atom stereocenters. The lowest BCUT2D eigenvalue weighted by Crippen LogP contribution is -2.16. The van der Waals surface area contributed by atoms with E-state index in [9.17, 15) is 14.0 Å². The lowest BCUT2D eigenvalue weighted by molar-refractivity contribution is -0.115. The van der Waals surface area contributed by atoms with Gasteiger partial charge in [-0.2, -0.15) is 0 Å². The summed E-state index contributed by atoms with van der Waals surface area (Å²) in [5.41, 5.74) is 1.96. The Morgan fingerprint density at radius 1 is 1.17 bits per heavy atom. The van der Waals surface area contributed by atoms with Crippen molar-refractivity contribution in [2.75, 3.05) is 0 Å². The van der Waals surface area contributed by atoms with Crippen LogP contribution in [0, 0.1) is 11.2 Å². The van der Waals surface area contributed by atoms with E-state index >= 15 is 0 Å². The number of nitrogens with one attached hydrogen (secondary N) is 1. The zero-order chi connectivity index (χ0) is 16.8. The van der Waals surface area contributed by atoms with Gasteiger partial charge in [0, 0.05) is 18.4 Å². The van der Waals surface area contributed by atoms with Crippen LogP contribution in [0.3, 0.4) is 0 Å². The predicted molar refractivity (Wildman–Crippen MR) is 87.7 cm³/mol. The molecule has 0 aromatic heterocycles. The van der Waals surface area contributed by atoms with Crippen LogP contribution < -0.4 is 0 Å². The van der Waals surface area contributed by atoms with E-state index in [1.807, 2.05) is 0 Å². The Balaban J connectivity index is 2.04. The number of hydrogen-bond acceptors (Lipinski definition) is 3. The van der Waals surface area contributed by atoms with Crippen LogP contribution >= 0.6 is 0 Å². The van der Waals surface area contributed by atoms with Crippen molar-refractivity contribution in [3.05, 3.63) is 71.0 Å². The summed E-state index contributed by atoms with van der Waals surface area (Å²) in [7, 11) is 0. The van der Waals surface area contributed by atoms with Crippen LogP contribution in [0.5, 0.6) is 0 Å². The van der Waals surface area contributed by atoms with Crippen molar-refractivity contribution < 1.29 is 14.0 Å². The summed E-state index contributed by atoms with van der Waals surface area (Å²) in [6.07, 6.45) is 1.83. The van der Waals surface area contributed by atoms with E-state index in [1.54, 1.807) is 43.3 Å². The second-order valence-electron chi connectivity index (χ2n) is 5.52. The van der Waals surface area contributed by atoms with Gasteiger partial charge in [0.1, 0.15) is 5.82 Å². The largest absolute Gasteiger partial charge is 0.313 e. The molecule has 0 radical (unpaired) electrons. The van der Waals surface area contributed by atoms with Gasteiger partial charge in [-0.3, -0.25) is 9.59 Å². The van der Waals surface area contributed by atoms with Crippen LogP contribution in [0.1, 0.15) is 40.7 Å². The Hall–Kier alpha value is -2.62. The van der Waals surface area contributed by atoms with Gasteiger partial charge in [-0.05, 0) is 35.4 Å². The average Bonchev–Trinajstić information content (AvgIpc) is 2.55. The Kier molecular flexibility index (Phi) is 5.52. The summed E-state index contributed by atoms with van der Waals surface area (Å²) in [5.74, 6) is -1.59. The van der Waals surface area contributed by atoms with Crippen LogP contribution in [-0.2, 0) is 11.2 Å². The first-order valence-electron chi connectivity index (χ1n) is 7.42. The molecule has 2 aromatic rings. The summed E-state index contributed by atoms with van der Waals surface area (Å²) in [5, 5.41) is 7.05. The maximum atomic E-state index is 13.2. The smallest absolute Gasteiger partial charge is 0.228 e. The van der Waals surface area contributed by atoms with Crippen molar-refractivity contribution in [1.29, 1.82) is 5.41 Å². The highest BCUT2D eigenvalue weighted by atomic mass is 19.1. The molecule has 1 N–H and O–H groups in total. The highest BCUT2D eigenvalue weighted by Gasteiger charge is 2.20. The van der Waals surface area contributed by atoms with E-state index in [2.05, 4.69) is 0 Å². The number of benzene rings is 2. The second kappa shape index (κ2) is 7.58. The Morgan fingerprint density at radius 3 is 2.48 bits per heavy atom. The van der Waals surface area contributed by atoms with Crippen molar-refractivity contribution in [3.8, 4) is 0 Å². The molecular weight excluding hydrogens is 293 g/mol. The topological polar surface area (TPSA) is 58.0 Å². The molecule has 0 aliphatic carbocycles. The lowest BCUT2D eigenvalue weighted by atomic mass is 9.92. The molecule has 0 aliphatic rings. The van der Waals surface area contributed by atoms with E-state index in [1.165, 1.54) is 18.3 Å². The number of ketones is 2. The molecule has 23 heavy (non-hydrogen) atoms. The molecule has 0 heterocycles. The SMILES string of the molecule is C[C@@H](CC(=O)C(=O)c1ccc(CC=N)cc1)c1cccc(F)c1. The summed E-state index contributed by atoms with van der Waals surface area (Å²) in [6, 6.07) is 12.8. The Bertz CT molecular complexity index is 722. The molecule has 0 saturated heterocycles. The van der Waals surface area contributed by atoms with E-state index in [4.69, 9.17) is 5.41 Å². The van der Waals surface area contributed by atoms with E-state index < -0.39 is 11.6 Å². The van der Waals surface area contributed by atoms with Crippen molar-refractivity contribution in [1.82, 2.24) is 0 Å². The minimum Gasteiger partial charge on any atom is -0.313 e. The van der Waals surface area contributed by atoms with Gasteiger partial charge in [-0.1, -0.05) is 43.3 Å². The number of carbonyl (C=O) groups excluding carboxylic acids is 2. The quantitative estimate of drug-likeness (QED) is 0.478. The minimum absolute atomic E-state index is 0.0462. The van der Waals surface area contributed by atoms with E-state index in [0.717, 1.165) is 5.56 Å².